The van der Waals surface area contributed by atoms with Gasteiger partial charge in [-0.3, -0.25) is 0 Å². The molecule has 0 saturated carbocycles. The van der Waals surface area contributed by atoms with Crippen molar-refractivity contribution in [2.24, 2.45) is 0 Å². The molecular weight excluding hydrogens is 492 g/mol. The molecule has 8 rings (SSSR count). The topological polar surface area (TPSA) is 77.3 Å². The molecule has 0 N–H and O–H groups in total. The summed E-state index contributed by atoms with van der Waals surface area (Å²) in [5, 5.41) is 24.8. The Balaban J connectivity index is 1.47. The SMILES string of the molecule is c1ccc2c(c1)cc(-c1cc(-c3cc4ccccc4c4ccccc34)nc(-c3cnnnn3)n1)c1ccccc12. The minimum atomic E-state index is 0.448. The van der Waals surface area contributed by atoms with E-state index in [0.717, 1.165) is 44.1 Å². The number of hydrogen-bond donors (Lipinski definition) is 0. The zero-order valence-electron chi connectivity index (χ0n) is 21.2. The summed E-state index contributed by atoms with van der Waals surface area (Å²) in [4.78, 5) is 10.0. The third-order valence-electron chi connectivity index (χ3n) is 7.47. The minimum absolute atomic E-state index is 0.448. The summed E-state index contributed by atoms with van der Waals surface area (Å²) in [7, 11) is 0. The highest BCUT2D eigenvalue weighted by molar-refractivity contribution is 6.15. The lowest BCUT2D eigenvalue weighted by molar-refractivity contribution is 0.763. The molecule has 6 nitrogen and oxygen atoms in total. The molecule has 8 aromatic rings. The van der Waals surface area contributed by atoms with Crippen molar-refractivity contribution in [1.29, 1.82) is 0 Å². The van der Waals surface area contributed by atoms with Crippen molar-refractivity contribution in [3.63, 3.8) is 0 Å². The zero-order chi connectivity index (χ0) is 26.5. The lowest BCUT2D eigenvalue weighted by Crippen LogP contribution is -2.01. The summed E-state index contributed by atoms with van der Waals surface area (Å²) in [6, 6.07) is 40.3. The van der Waals surface area contributed by atoms with E-state index in [1.54, 1.807) is 6.20 Å². The van der Waals surface area contributed by atoms with Crippen molar-refractivity contribution in [1.82, 2.24) is 30.6 Å². The summed E-state index contributed by atoms with van der Waals surface area (Å²) in [6.07, 6.45) is 1.55. The second-order valence-corrected chi connectivity index (χ2v) is 9.75. The van der Waals surface area contributed by atoms with E-state index in [0.29, 0.717) is 11.5 Å². The minimum Gasteiger partial charge on any atom is -0.226 e. The van der Waals surface area contributed by atoms with Gasteiger partial charge in [0.15, 0.2) is 11.5 Å². The maximum Gasteiger partial charge on any atom is 0.182 e. The maximum absolute atomic E-state index is 5.02. The van der Waals surface area contributed by atoms with Gasteiger partial charge in [0, 0.05) is 11.1 Å². The van der Waals surface area contributed by atoms with Crippen molar-refractivity contribution < 1.29 is 0 Å². The predicted molar refractivity (Wildman–Crippen MR) is 160 cm³/mol. The Morgan fingerprint density at radius 2 is 0.875 bits per heavy atom. The van der Waals surface area contributed by atoms with Crippen LogP contribution >= 0.6 is 0 Å². The Labute approximate surface area is 229 Å². The van der Waals surface area contributed by atoms with Crippen LogP contribution in [0, 0.1) is 0 Å². The molecule has 0 atom stereocenters. The Hall–Kier alpha value is -5.62. The van der Waals surface area contributed by atoms with Crippen LogP contribution in [0.1, 0.15) is 0 Å². The molecule has 0 aliphatic carbocycles. The van der Waals surface area contributed by atoms with Gasteiger partial charge >= 0.3 is 0 Å². The summed E-state index contributed by atoms with van der Waals surface area (Å²) in [5.74, 6) is 0.448. The molecule has 2 aromatic heterocycles. The normalized spacial score (nSPS) is 11.5. The molecule has 0 radical (unpaired) electrons. The Morgan fingerprint density at radius 3 is 1.38 bits per heavy atom. The first-order chi connectivity index (χ1) is 19.8. The molecular formula is C34H20N6. The maximum atomic E-state index is 5.02. The van der Waals surface area contributed by atoms with Gasteiger partial charge in [0.1, 0.15) is 0 Å². The summed E-state index contributed by atoms with van der Waals surface area (Å²) >= 11 is 0. The van der Waals surface area contributed by atoms with Crippen molar-refractivity contribution in [3.05, 3.63) is 121 Å². The lowest BCUT2D eigenvalue weighted by atomic mass is 9.93. The average molecular weight is 513 g/mol. The molecule has 0 unspecified atom stereocenters. The highest BCUT2D eigenvalue weighted by Gasteiger charge is 2.17. The van der Waals surface area contributed by atoms with Crippen LogP contribution in [-0.4, -0.2) is 30.6 Å². The second-order valence-electron chi connectivity index (χ2n) is 9.75. The van der Waals surface area contributed by atoms with E-state index in [9.17, 15) is 0 Å². The fraction of sp³-hybridized carbons (Fsp3) is 0. The zero-order valence-corrected chi connectivity index (χ0v) is 21.2. The first kappa shape index (κ1) is 22.4. The molecule has 6 aromatic carbocycles. The van der Waals surface area contributed by atoms with Crippen molar-refractivity contribution >= 4 is 43.1 Å². The van der Waals surface area contributed by atoms with Gasteiger partial charge in [0.05, 0.1) is 17.6 Å². The highest BCUT2D eigenvalue weighted by Crippen LogP contribution is 2.38. The van der Waals surface area contributed by atoms with E-state index in [1.807, 2.05) is 0 Å². The summed E-state index contributed by atoms with van der Waals surface area (Å²) in [5.41, 5.74) is 4.13. The van der Waals surface area contributed by atoms with Crippen LogP contribution in [0.2, 0.25) is 0 Å². The fourth-order valence-electron chi connectivity index (χ4n) is 5.67. The van der Waals surface area contributed by atoms with Gasteiger partial charge < -0.3 is 0 Å². The fourth-order valence-corrected chi connectivity index (χ4v) is 5.67. The van der Waals surface area contributed by atoms with Gasteiger partial charge in [-0.1, -0.05) is 97.1 Å². The van der Waals surface area contributed by atoms with E-state index in [-0.39, 0.29) is 0 Å². The number of benzene rings is 6. The van der Waals surface area contributed by atoms with Crippen LogP contribution in [-0.2, 0) is 0 Å². The van der Waals surface area contributed by atoms with E-state index in [2.05, 4.69) is 136 Å². The van der Waals surface area contributed by atoms with Gasteiger partial charge in [0.25, 0.3) is 0 Å². The number of rotatable bonds is 3. The van der Waals surface area contributed by atoms with Crippen molar-refractivity contribution in [2.75, 3.05) is 0 Å². The van der Waals surface area contributed by atoms with Crippen LogP contribution in [0.15, 0.2) is 121 Å². The Morgan fingerprint density at radius 1 is 0.400 bits per heavy atom. The van der Waals surface area contributed by atoms with Gasteiger partial charge in [-0.15, -0.1) is 10.2 Å². The molecule has 0 fully saturated rings. The van der Waals surface area contributed by atoms with E-state index >= 15 is 0 Å². The van der Waals surface area contributed by atoms with Gasteiger partial charge in [-0.2, -0.15) is 0 Å². The third kappa shape index (κ3) is 3.58. The van der Waals surface area contributed by atoms with Crippen LogP contribution < -0.4 is 0 Å². The predicted octanol–water partition coefficient (Wildman–Crippen LogP) is 7.67. The first-order valence-electron chi connectivity index (χ1n) is 13.1. The molecule has 186 valence electrons. The van der Waals surface area contributed by atoms with Crippen molar-refractivity contribution in [3.8, 4) is 34.0 Å². The van der Waals surface area contributed by atoms with Crippen LogP contribution in [0.5, 0.6) is 0 Å². The second kappa shape index (κ2) is 8.99. The molecule has 6 heteroatoms. The number of hydrogen-bond acceptors (Lipinski definition) is 6. The molecule has 0 amide bonds. The molecule has 0 aliphatic heterocycles. The van der Waals surface area contributed by atoms with Gasteiger partial charge in [0.2, 0.25) is 0 Å². The van der Waals surface area contributed by atoms with Gasteiger partial charge in [-0.05, 0) is 71.7 Å². The standard InChI is InChI=1S/C34H20N6/c1-3-11-23-21(9-1)17-29(27-15-7-5-13-25(23)27)31-19-32(37-34(36-31)33-20-35-39-40-38-33)30-18-22-10-2-4-12-24(22)26-14-6-8-16-28(26)30/h1-20H. The average Bonchev–Trinajstić information content (AvgIpc) is 3.04. The van der Waals surface area contributed by atoms with E-state index < -0.39 is 0 Å². The molecule has 40 heavy (non-hydrogen) atoms. The first-order valence-corrected chi connectivity index (χ1v) is 13.1. The van der Waals surface area contributed by atoms with Crippen LogP contribution in [0.25, 0.3) is 77.1 Å². The number of aromatic nitrogens is 6. The molecule has 2 heterocycles. The van der Waals surface area contributed by atoms with E-state index in [1.165, 1.54) is 21.5 Å². The van der Waals surface area contributed by atoms with Gasteiger partial charge in [-0.25, -0.2) is 9.97 Å². The summed E-state index contributed by atoms with van der Waals surface area (Å²) in [6.45, 7) is 0. The van der Waals surface area contributed by atoms with Crippen LogP contribution in [0.4, 0.5) is 0 Å². The molecule has 0 bridgehead atoms. The number of nitrogens with zero attached hydrogens (tertiary/aromatic N) is 6. The largest absolute Gasteiger partial charge is 0.226 e. The Kier molecular flexibility index (Phi) is 5.03. The molecule has 0 saturated heterocycles. The quantitative estimate of drug-likeness (QED) is 0.226. The lowest BCUT2D eigenvalue weighted by Gasteiger charge is -2.14. The molecule has 0 aliphatic rings. The van der Waals surface area contributed by atoms with E-state index in [4.69, 9.17) is 9.97 Å². The number of fused-ring (bicyclic) bond motifs is 6. The monoisotopic (exact) mass is 512 g/mol. The van der Waals surface area contributed by atoms with Crippen LogP contribution in [0.3, 0.4) is 0 Å². The third-order valence-corrected chi connectivity index (χ3v) is 7.47. The smallest absolute Gasteiger partial charge is 0.182 e. The molecule has 0 spiro atoms. The van der Waals surface area contributed by atoms with Crippen molar-refractivity contribution in [2.45, 2.75) is 0 Å². The highest BCUT2D eigenvalue weighted by atomic mass is 15.4. The Bertz CT molecular complexity index is 2090. The summed E-state index contributed by atoms with van der Waals surface area (Å²) < 4.78 is 0.